The maximum atomic E-state index is 12.4. The van der Waals surface area contributed by atoms with Crippen LogP contribution in [-0.4, -0.2) is 89.8 Å². The molecule has 1 heterocycles. The molecule has 1 aromatic heterocycles. The largest absolute Gasteiger partial charge is 1.00 e. The smallest absolute Gasteiger partial charge is 0.550 e. The van der Waals surface area contributed by atoms with Crippen LogP contribution >= 0.6 is 11.3 Å². The first kappa shape index (κ1) is 63.0. The number of esters is 2. The number of nitrogens with zero attached hydrogens (tertiary/aromatic N) is 5. The van der Waals surface area contributed by atoms with Gasteiger partial charge in [-0.15, -0.1) is 34.7 Å². The van der Waals surface area contributed by atoms with Crippen molar-refractivity contribution in [1.29, 1.82) is 5.26 Å². The van der Waals surface area contributed by atoms with E-state index in [-0.39, 0.29) is 131 Å². The number of nitriles is 1. The van der Waals surface area contributed by atoms with Gasteiger partial charge in [0.25, 0.3) is 0 Å². The van der Waals surface area contributed by atoms with Gasteiger partial charge in [-0.05, 0) is 94.5 Å². The molecule has 16 nitrogen and oxygen atoms in total. The summed E-state index contributed by atoms with van der Waals surface area (Å²) in [5.74, 6) is -5.88. The van der Waals surface area contributed by atoms with Crippen molar-refractivity contribution in [2.75, 3.05) is 70.8 Å². The molecule has 0 N–H and O–H groups in total. The summed E-state index contributed by atoms with van der Waals surface area (Å²) in [6, 6.07) is 7.70. The number of aryl methyl sites for hydroxylation is 1. The van der Waals surface area contributed by atoms with Crippen molar-refractivity contribution in [2.45, 2.75) is 78.1 Å². The summed E-state index contributed by atoms with van der Waals surface area (Å²) in [4.78, 5) is 53.2. The molecule has 0 amide bonds. The minimum absolute atomic E-state index is 0. The van der Waals surface area contributed by atoms with Crippen molar-refractivity contribution in [3.8, 4) is 6.07 Å². The molecular weight excluding hydrogens is 901 g/mol. The molecule has 19 heteroatoms. The van der Waals surface area contributed by atoms with Crippen molar-refractivity contribution in [3.05, 3.63) is 95.9 Å². The van der Waals surface area contributed by atoms with Gasteiger partial charge in [0.2, 0.25) is 5.00 Å². The topological polar surface area (TPSA) is 217 Å². The van der Waals surface area contributed by atoms with Gasteiger partial charge in [-0.25, -0.2) is 4.85 Å². The number of rotatable bonds is 36. The normalized spacial score (nSPS) is 11.8. The standard InChI is InChI=1S/C48H63N5O11S.2Na/c1-6-8-10-12-14-16-18-38(47(56)57)33-43(54)63-30-28-61-25-23-53(40-20-21-42(36(3)32-40)51-52-46-41(35-49)37(4)45(50-5)65-46)22-24-60-26-27-62-29-31-64-44(55)34-39(48(58)59)19-17-15-13-11-9-7-2;;/h6-7,14-17,20-21,32,38-39H,1-2,8-13,18-19,22-31,33-34H2,3-4H3,(H,56,57)(H,58,59);;/q;2*+1/p-2/b16-14+,17-15+,52-51?;;. The Bertz CT molecular complexity index is 2010. The SMILES string of the molecule is [C-]#[N+]c1sc(N=Nc2ccc(N(CCOCCOCCOC(=O)CC(C/C=C/CCCC=C)C(=O)[O-])CCOCCOC(=O)CC(C/C=C/CCCC=C)C(=O)[O-])cc2C)c(C#N)c1C.[Na+].[Na+]. The van der Waals surface area contributed by atoms with E-state index in [4.69, 9.17) is 30.3 Å². The maximum absolute atomic E-state index is 12.4. The predicted octanol–water partition coefficient (Wildman–Crippen LogP) is 1.27. The maximum Gasteiger partial charge on any atom is 1.00 e. The summed E-state index contributed by atoms with van der Waals surface area (Å²) in [5, 5.41) is 42.1. The van der Waals surface area contributed by atoms with Crippen LogP contribution in [0.15, 0.2) is 78.0 Å². The zero-order valence-electron chi connectivity index (χ0n) is 39.5. The number of azo groups is 1. The predicted molar refractivity (Wildman–Crippen MR) is 244 cm³/mol. The second-order valence-corrected chi connectivity index (χ2v) is 15.6. The fourth-order valence-electron chi connectivity index (χ4n) is 5.98. The third-order valence-corrected chi connectivity index (χ3v) is 10.8. The molecule has 0 aliphatic rings. The van der Waals surface area contributed by atoms with Crippen LogP contribution in [0.4, 0.5) is 21.4 Å². The van der Waals surface area contributed by atoms with Crippen molar-refractivity contribution in [1.82, 2.24) is 0 Å². The van der Waals surface area contributed by atoms with Crippen LogP contribution in [0.25, 0.3) is 4.85 Å². The number of unbranched alkanes of at least 4 members (excludes halogenated alkanes) is 4. The minimum atomic E-state index is -1.31. The van der Waals surface area contributed by atoms with E-state index in [9.17, 15) is 34.7 Å². The number of aliphatic carboxylic acids is 2. The van der Waals surface area contributed by atoms with E-state index in [0.29, 0.717) is 46.5 Å². The molecule has 2 rings (SSSR count). The van der Waals surface area contributed by atoms with Gasteiger partial charge in [0.05, 0.1) is 70.3 Å². The van der Waals surface area contributed by atoms with Crippen molar-refractivity contribution >= 4 is 56.6 Å². The minimum Gasteiger partial charge on any atom is -0.550 e. The quantitative estimate of drug-likeness (QED) is 0.0235. The average molecular weight is 962 g/mol. The number of ether oxygens (including phenoxy) is 5. The van der Waals surface area contributed by atoms with Crippen molar-refractivity contribution < 1.29 is 112 Å². The number of carboxylic acids is 2. The fraction of sp³-hybridized carbons (Fsp3) is 0.500. The number of carboxylic acid groups (broad SMARTS) is 2. The molecule has 2 unspecified atom stereocenters. The summed E-state index contributed by atoms with van der Waals surface area (Å²) in [7, 11) is 0. The van der Waals surface area contributed by atoms with E-state index < -0.39 is 35.7 Å². The molecule has 0 fully saturated rings. The molecule has 0 radical (unpaired) electrons. The fourth-order valence-corrected chi connectivity index (χ4v) is 6.84. The number of thiophene rings is 1. The first-order valence-corrected chi connectivity index (χ1v) is 22.4. The average Bonchev–Trinajstić information content (AvgIpc) is 3.60. The Morgan fingerprint density at radius 3 is 1.72 bits per heavy atom. The van der Waals surface area contributed by atoms with Gasteiger partial charge < -0.3 is 48.4 Å². The van der Waals surface area contributed by atoms with E-state index in [1.54, 1.807) is 25.1 Å². The number of allylic oxidation sites excluding steroid dienone is 6. The van der Waals surface area contributed by atoms with Gasteiger partial charge in [-0.3, -0.25) is 9.59 Å². The van der Waals surface area contributed by atoms with Crippen molar-refractivity contribution in [2.24, 2.45) is 22.1 Å². The van der Waals surface area contributed by atoms with Crippen molar-refractivity contribution in [3.63, 3.8) is 0 Å². The van der Waals surface area contributed by atoms with Crippen LogP contribution in [0.5, 0.6) is 0 Å². The summed E-state index contributed by atoms with van der Waals surface area (Å²) < 4.78 is 27.5. The van der Waals surface area contributed by atoms with E-state index in [0.717, 1.165) is 61.1 Å². The van der Waals surface area contributed by atoms with Crippen LogP contribution < -0.4 is 74.2 Å². The van der Waals surface area contributed by atoms with Gasteiger partial charge in [-0.1, -0.05) is 36.5 Å². The molecule has 0 saturated carbocycles. The number of carbonyl (C=O) groups is 4. The van der Waals surface area contributed by atoms with E-state index in [1.807, 2.05) is 48.3 Å². The first-order chi connectivity index (χ1) is 31.4. The third kappa shape index (κ3) is 27.0. The van der Waals surface area contributed by atoms with E-state index >= 15 is 0 Å². The third-order valence-electron chi connectivity index (χ3n) is 9.70. The van der Waals surface area contributed by atoms with Crippen LogP contribution in [0.3, 0.4) is 0 Å². The molecule has 0 aliphatic carbocycles. The Balaban J connectivity index is 0.0000218. The second kappa shape index (κ2) is 38.9. The number of carbonyl (C=O) groups excluding carboxylic acids is 4. The number of hydrogen-bond acceptors (Lipinski definition) is 16. The number of benzene rings is 1. The molecule has 0 bridgehead atoms. The summed E-state index contributed by atoms with van der Waals surface area (Å²) in [6.07, 6.45) is 15.8. The number of hydrogen-bond donors (Lipinski definition) is 0. The molecule has 352 valence electrons. The zero-order valence-corrected chi connectivity index (χ0v) is 44.4. The monoisotopic (exact) mass is 961 g/mol. The Labute approximate surface area is 443 Å². The Morgan fingerprint density at radius 2 is 1.27 bits per heavy atom. The molecule has 0 spiro atoms. The van der Waals surface area contributed by atoms with Gasteiger partial charge in [-0.2, -0.15) is 5.26 Å². The van der Waals surface area contributed by atoms with Gasteiger partial charge in [0.15, 0.2) is 0 Å². The van der Waals surface area contributed by atoms with Crippen LogP contribution in [0.2, 0.25) is 0 Å². The Kier molecular flexibility index (Phi) is 36.6. The van der Waals surface area contributed by atoms with Gasteiger partial charge >= 0.3 is 71.1 Å². The molecule has 2 atom stereocenters. The Morgan fingerprint density at radius 1 is 0.776 bits per heavy atom. The second-order valence-electron chi connectivity index (χ2n) is 14.7. The molecule has 67 heavy (non-hydrogen) atoms. The molecular formula is C48H61N5Na2O11S. The molecule has 0 aliphatic heterocycles. The van der Waals surface area contributed by atoms with Crippen LogP contribution in [0.1, 0.15) is 80.9 Å². The summed E-state index contributed by atoms with van der Waals surface area (Å²) in [5.41, 5.74) is 3.11. The van der Waals surface area contributed by atoms with E-state index in [2.05, 4.69) is 34.3 Å². The van der Waals surface area contributed by atoms with Crippen LogP contribution in [-0.2, 0) is 42.9 Å². The molecule has 0 saturated heterocycles. The summed E-state index contributed by atoms with van der Waals surface area (Å²) in [6.45, 7) is 20.3. The van der Waals surface area contributed by atoms with Gasteiger partial charge in [0.1, 0.15) is 24.3 Å². The number of anilines is 1. The zero-order chi connectivity index (χ0) is 47.7. The van der Waals surface area contributed by atoms with Crippen LogP contribution in [0, 0.1) is 43.6 Å². The van der Waals surface area contributed by atoms with Gasteiger partial charge in [0, 0.05) is 42.6 Å². The Hall–Kier alpha value is -3.98. The molecule has 2 aromatic rings. The first-order valence-electron chi connectivity index (χ1n) is 21.6. The van der Waals surface area contributed by atoms with E-state index in [1.165, 1.54) is 0 Å². The summed E-state index contributed by atoms with van der Waals surface area (Å²) >= 11 is 1.11. The molecule has 1 aromatic carbocycles.